The van der Waals surface area contributed by atoms with Crippen molar-refractivity contribution in [1.82, 2.24) is 15.2 Å². The Morgan fingerprint density at radius 1 is 1.50 bits per heavy atom. The first-order chi connectivity index (χ1) is 8.74. The molecule has 2 aromatic rings. The van der Waals surface area contributed by atoms with Gasteiger partial charge in [0.25, 0.3) is 5.89 Å². The summed E-state index contributed by atoms with van der Waals surface area (Å²) >= 11 is 0. The molecule has 0 fully saturated rings. The average Bonchev–Trinajstić information content (AvgIpc) is 2.89. The molecule has 0 unspecified atom stereocenters. The zero-order valence-corrected chi connectivity index (χ0v) is 9.45. The smallest absolute Gasteiger partial charge is 0.396 e. The summed E-state index contributed by atoms with van der Waals surface area (Å²) in [5.41, 5.74) is 0.806. The van der Waals surface area contributed by atoms with Gasteiger partial charge in [0.05, 0.1) is 12.2 Å². The van der Waals surface area contributed by atoms with Crippen LogP contribution in [-0.2, 0) is 4.74 Å². The van der Waals surface area contributed by atoms with Crippen molar-refractivity contribution in [3.05, 3.63) is 29.8 Å². The predicted molar refractivity (Wildman–Crippen MR) is 58.2 cm³/mol. The van der Waals surface area contributed by atoms with Gasteiger partial charge in [-0.15, -0.1) is 10.2 Å². The van der Waals surface area contributed by atoms with Crippen molar-refractivity contribution >= 4 is 5.97 Å². The number of aromatic nitrogens is 3. The minimum absolute atomic E-state index is 0.0996. The van der Waals surface area contributed by atoms with Gasteiger partial charge in [0.1, 0.15) is 11.8 Å². The molecule has 7 nitrogen and oxygen atoms in total. The molecule has 0 aromatic carbocycles. The van der Waals surface area contributed by atoms with Gasteiger partial charge in [0, 0.05) is 6.20 Å². The van der Waals surface area contributed by atoms with E-state index in [0.717, 1.165) is 0 Å². The van der Waals surface area contributed by atoms with Crippen LogP contribution >= 0.6 is 0 Å². The Hall–Kier alpha value is -2.75. The summed E-state index contributed by atoms with van der Waals surface area (Å²) in [5.74, 6) is -0.801. The fourth-order valence-corrected chi connectivity index (χ4v) is 1.19. The fraction of sp³-hybridized carbons (Fsp3) is 0.182. The molecule has 0 atom stereocenters. The standard InChI is InChI=1S/C11H8N4O3/c1-2-17-11(16)10-15-14-9(18-10)8-4-3-7(5-12)6-13-8/h3-4,6H,2H2,1H3. The summed E-state index contributed by atoms with van der Waals surface area (Å²) in [7, 11) is 0. The summed E-state index contributed by atoms with van der Waals surface area (Å²) in [6.45, 7) is 1.91. The number of nitrogens with zero attached hydrogens (tertiary/aromatic N) is 4. The average molecular weight is 244 g/mol. The van der Waals surface area contributed by atoms with Crippen LogP contribution in [0.4, 0.5) is 0 Å². The third kappa shape index (κ3) is 2.32. The normalized spacial score (nSPS) is 9.78. The second kappa shape index (κ2) is 5.05. The molecular formula is C11H8N4O3. The zero-order chi connectivity index (χ0) is 13.0. The van der Waals surface area contributed by atoms with Crippen LogP contribution in [0.3, 0.4) is 0 Å². The number of pyridine rings is 1. The third-order valence-corrected chi connectivity index (χ3v) is 1.99. The van der Waals surface area contributed by atoms with Crippen LogP contribution in [0.5, 0.6) is 0 Å². The number of ether oxygens (including phenoxy) is 1. The van der Waals surface area contributed by atoms with E-state index in [0.29, 0.717) is 11.3 Å². The van der Waals surface area contributed by atoms with E-state index >= 15 is 0 Å². The lowest BCUT2D eigenvalue weighted by Crippen LogP contribution is -2.04. The predicted octanol–water partition coefficient (Wildman–Crippen LogP) is 1.18. The molecule has 2 heterocycles. The van der Waals surface area contributed by atoms with Gasteiger partial charge in [-0.3, -0.25) is 0 Å². The number of carbonyl (C=O) groups is 1. The summed E-state index contributed by atoms with van der Waals surface area (Å²) in [5, 5.41) is 15.9. The number of hydrogen-bond donors (Lipinski definition) is 0. The van der Waals surface area contributed by atoms with Crippen LogP contribution in [0.25, 0.3) is 11.6 Å². The topological polar surface area (TPSA) is 102 Å². The highest BCUT2D eigenvalue weighted by atomic mass is 16.5. The maximum atomic E-state index is 11.3. The molecule has 0 saturated heterocycles. The Labute approximate surface area is 102 Å². The highest BCUT2D eigenvalue weighted by Gasteiger charge is 2.17. The van der Waals surface area contributed by atoms with Gasteiger partial charge in [-0.05, 0) is 19.1 Å². The molecule has 0 saturated carbocycles. The van der Waals surface area contributed by atoms with Crippen LogP contribution < -0.4 is 0 Å². The molecule has 0 amide bonds. The Balaban J connectivity index is 2.24. The van der Waals surface area contributed by atoms with E-state index in [-0.39, 0.29) is 18.4 Å². The lowest BCUT2D eigenvalue weighted by Gasteiger charge is -1.95. The van der Waals surface area contributed by atoms with E-state index in [2.05, 4.69) is 15.2 Å². The van der Waals surface area contributed by atoms with E-state index in [1.165, 1.54) is 6.20 Å². The second-order valence-electron chi connectivity index (χ2n) is 3.18. The highest BCUT2D eigenvalue weighted by molar-refractivity contribution is 5.84. The fourth-order valence-electron chi connectivity index (χ4n) is 1.19. The van der Waals surface area contributed by atoms with Crippen molar-refractivity contribution in [2.75, 3.05) is 6.61 Å². The Morgan fingerprint density at radius 3 is 2.94 bits per heavy atom. The number of carbonyl (C=O) groups excluding carboxylic acids is 1. The molecule has 0 aliphatic rings. The first kappa shape index (κ1) is 11.7. The molecule has 0 bridgehead atoms. The van der Waals surface area contributed by atoms with E-state index in [9.17, 15) is 4.79 Å². The van der Waals surface area contributed by atoms with Gasteiger partial charge in [-0.25, -0.2) is 9.78 Å². The summed E-state index contributed by atoms with van der Waals surface area (Å²) in [6.07, 6.45) is 1.38. The minimum Gasteiger partial charge on any atom is -0.459 e. The molecule has 18 heavy (non-hydrogen) atoms. The molecule has 7 heteroatoms. The number of nitriles is 1. The van der Waals surface area contributed by atoms with Crippen molar-refractivity contribution in [3.63, 3.8) is 0 Å². The molecule has 0 spiro atoms. The lowest BCUT2D eigenvalue weighted by molar-refractivity contribution is 0.0481. The maximum Gasteiger partial charge on any atom is 0.396 e. The molecule has 0 radical (unpaired) electrons. The zero-order valence-electron chi connectivity index (χ0n) is 9.45. The number of hydrogen-bond acceptors (Lipinski definition) is 7. The summed E-state index contributed by atoms with van der Waals surface area (Å²) in [4.78, 5) is 15.3. The third-order valence-electron chi connectivity index (χ3n) is 1.99. The van der Waals surface area contributed by atoms with Crippen LogP contribution in [0.15, 0.2) is 22.7 Å². The monoisotopic (exact) mass is 244 g/mol. The summed E-state index contributed by atoms with van der Waals surface area (Å²) in [6, 6.07) is 5.07. The molecule has 0 aliphatic carbocycles. The van der Waals surface area contributed by atoms with Gasteiger partial charge >= 0.3 is 11.9 Å². The minimum atomic E-state index is -0.676. The van der Waals surface area contributed by atoms with Crippen molar-refractivity contribution < 1.29 is 13.9 Å². The Bertz CT molecular complexity index is 597. The lowest BCUT2D eigenvalue weighted by atomic mass is 10.3. The molecule has 90 valence electrons. The molecule has 0 aliphatic heterocycles. The second-order valence-corrected chi connectivity index (χ2v) is 3.18. The van der Waals surface area contributed by atoms with E-state index in [1.807, 2.05) is 6.07 Å². The van der Waals surface area contributed by atoms with Crippen LogP contribution in [0.2, 0.25) is 0 Å². The van der Waals surface area contributed by atoms with Crippen molar-refractivity contribution in [1.29, 1.82) is 5.26 Å². The van der Waals surface area contributed by atoms with E-state index in [1.54, 1.807) is 19.1 Å². The van der Waals surface area contributed by atoms with Crippen molar-refractivity contribution in [3.8, 4) is 17.7 Å². The van der Waals surface area contributed by atoms with Gasteiger partial charge in [0.2, 0.25) is 0 Å². The van der Waals surface area contributed by atoms with Crippen molar-refractivity contribution in [2.45, 2.75) is 6.92 Å². The summed E-state index contributed by atoms with van der Waals surface area (Å²) < 4.78 is 9.83. The molecular weight excluding hydrogens is 236 g/mol. The molecule has 0 N–H and O–H groups in total. The number of esters is 1. The number of rotatable bonds is 3. The van der Waals surface area contributed by atoms with Gasteiger partial charge in [-0.1, -0.05) is 0 Å². The van der Waals surface area contributed by atoms with E-state index < -0.39 is 5.97 Å². The van der Waals surface area contributed by atoms with Gasteiger partial charge < -0.3 is 9.15 Å². The van der Waals surface area contributed by atoms with Crippen LogP contribution in [0, 0.1) is 11.3 Å². The highest BCUT2D eigenvalue weighted by Crippen LogP contribution is 2.15. The first-order valence-electron chi connectivity index (χ1n) is 5.11. The van der Waals surface area contributed by atoms with Crippen LogP contribution in [-0.4, -0.2) is 27.8 Å². The van der Waals surface area contributed by atoms with Gasteiger partial charge in [0.15, 0.2) is 0 Å². The first-order valence-corrected chi connectivity index (χ1v) is 5.11. The van der Waals surface area contributed by atoms with E-state index in [4.69, 9.17) is 14.4 Å². The maximum absolute atomic E-state index is 11.3. The SMILES string of the molecule is CCOC(=O)c1nnc(-c2ccc(C#N)cn2)o1. The Kier molecular flexibility index (Phi) is 3.29. The van der Waals surface area contributed by atoms with Gasteiger partial charge in [-0.2, -0.15) is 5.26 Å². The molecule has 2 rings (SSSR count). The quantitative estimate of drug-likeness (QED) is 0.747. The largest absolute Gasteiger partial charge is 0.459 e. The molecule has 2 aromatic heterocycles. The van der Waals surface area contributed by atoms with Crippen molar-refractivity contribution in [2.24, 2.45) is 0 Å². The Morgan fingerprint density at radius 2 is 2.33 bits per heavy atom. The van der Waals surface area contributed by atoms with Crippen LogP contribution in [0.1, 0.15) is 23.2 Å².